The maximum atomic E-state index is 12.6. The van der Waals surface area contributed by atoms with Crippen molar-refractivity contribution in [3.8, 4) is 0 Å². The first kappa shape index (κ1) is 17.2. The minimum absolute atomic E-state index is 0.0244. The van der Waals surface area contributed by atoms with Crippen LogP contribution in [0.4, 0.5) is 5.69 Å². The Balaban J connectivity index is 2.27. The number of hydrogen-bond acceptors (Lipinski definition) is 3. The molecule has 118 valence electrons. The molecule has 0 amide bonds. The van der Waals surface area contributed by atoms with Crippen LogP contribution < -0.4 is 10.5 Å². The molecule has 0 heterocycles. The van der Waals surface area contributed by atoms with Crippen LogP contribution in [0.25, 0.3) is 0 Å². The molecule has 1 aromatic carbocycles. The molecule has 2 atom stereocenters. The number of anilines is 1. The first-order valence-electron chi connectivity index (χ1n) is 6.96. The largest absolute Gasteiger partial charge is 0.398 e. The topological polar surface area (TPSA) is 72.2 Å². The van der Waals surface area contributed by atoms with E-state index in [2.05, 4.69) is 50.4 Å². The molecule has 2 rings (SSSR count). The van der Waals surface area contributed by atoms with E-state index in [1.54, 1.807) is 12.1 Å². The summed E-state index contributed by atoms with van der Waals surface area (Å²) < 4.78 is 29.3. The van der Waals surface area contributed by atoms with Crippen molar-refractivity contribution in [2.45, 2.75) is 44.0 Å². The molecule has 0 aromatic heterocycles. The van der Waals surface area contributed by atoms with Gasteiger partial charge in [-0.2, -0.15) is 0 Å². The molecule has 7 heteroatoms. The monoisotopic (exact) mass is 438 g/mol. The van der Waals surface area contributed by atoms with Gasteiger partial charge in [-0.05, 0) is 59.2 Å². The third kappa shape index (κ3) is 4.21. The third-order valence-corrected chi connectivity index (χ3v) is 6.79. The van der Waals surface area contributed by atoms with Gasteiger partial charge < -0.3 is 5.73 Å². The summed E-state index contributed by atoms with van der Waals surface area (Å²) in [5, 5.41) is 0. The molecular weight excluding hydrogens is 420 g/mol. The van der Waals surface area contributed by atoms with Gasteiger partial charge in [0.1, 0.15) is 4.90 Å². The molecule has 0 spiro atoms. The molecule has 4 nitrogen and oxygen atoms in total. The van der Waals surface area contributed by atoms with Crippen LogP contribution in [-0.2, 0) is 10.0 Å². The van der Waals surface area contributed by atoms with Gasteiger partial charge in [-0.1, -0.05) is 29.8 Å². The number of sulfonamides is 1. The Labute approximate surface area is 143 Å². The number of rotatable bonds is 3. The minimum Gasteiger partial charge on any atom is -0.398 e. The van der Waals surface area contributed by atoms with E-state index < -0.39 is 10.0 Å². The third-order valence-electron chi connectivity index (χ3n) is 3.81. The first-order valence-corrected chi connectivity index (χ1v) is 10.0. The Hall–Kier alpha value is -0.110. The number of halogens is 2. The molecule has 0 aliphatic heterocycles. The van der Waals surface area contributed by atoms with E-state index in [1.807, 2.05) is 0 Å². The average molecular weight is 440 g/mol. The van der Waals surface area contributed by atoms with Crippen molar-refractivity contribution in [1.82, 2.24) is 4.72 Å². The Kier molecular flexibility index (Phi) is 5.39. The number of nitrogen functional groups attached to an aromatic ring is 1. The van der Waals surface area contributed by atoms with Crippen molar-refractivity contribution < 1.29 is 8.42 Å². The standard InChI is InChI=1S/C14H20Br2N2O2S/c1-8-3-9(2)5-11(4-8)18-21(19,20)14-12(16)6-10(15)7-13(14)17/h6-9,11,18H,3-5,17H2,1-2H3. The van der Waals surface area contributed by atoms with Crippen LogP contribution in [-0.4, -0.2) is 14.5 Å². The van der Waals surface area contributed by atoms with Gasteiger partial charge in [-0.3, -0.25) is 0 Å². The summed E-state index contributed by atoms with van der Waals surface area (Å²) in [5.74, 6) is 1.07. The fraction of sp³-hybridized carbons (Fsp3) is 0.571. The smallest absolute Gasteiger partial charge is 0.243 e. The predicted molar refractivity (Wildman–Crippen MR) is 92.5 cm³/mol. The van der Waals surface area contributed by atoms with E-state index in [1.165, 1.54) is 0 Å². The number of nitrogens with one attached hydrogen (secondary N) is 1. The molecule has 1 fully saturated rings. The molecular formula is C14H20Br2N2O2S. The second-order valence-electron chi connectivity index (χ2n) is 6.04. The molecule has 1 aromatic rings. The van der Waals surface area contributed by atoms with Crippen molar-refractivity contribution in [2.24, 2.45) is 11.8 Å². The maximum Gasteiger partial charge on any atom is 0.243 e. The predicted octanol–water partition coefficient (Wildman–Crippen LogP) is 3.90. The van der Waals surface area contributed by atoms with E-state index in [4.69, 9.17) is 5.73 Å². The zero-order chi connectivity index (χ0) is 15.8. The van der Waals surface area contributed by atoms with E-state index >= 15 is 0 Å². The summed E-state index contributed by atoms with van der Waals surface area (Å²) in [6.07, 6.45) is 2.90. The summed E-state index contributed by atoms with van der Waals surface area (Å²) in [6, 6.07) is 3.27. The van der Waals surface area contributed by atoms with E-state index in [-0.39, 0.29) is 16.6 Å². The van der Waals surface area contributed by atoms with E-state index in [0.717, 1.165) is 23.7 Å². The maximum absolute atomic E-state index is 12.6. The van der Waals surface area contributed by atoms with Crippen LogP contribution in [0.3, 0.4) is 0 Å². The highest BCUT2D eigenvalue weighted by Gasteiger charge is 2.30. The molecule has 1 aliphatic carbocycles. The molecule has 1 saturated carbocycles. The summed E-state index contributed by atoms with van der Waals surface area (Å²) in [7, 11) is -3.63. The number of hydrogen-bond donors (Lipinski definition) is 2. The van der Waals surface area contributed by atoms with Crippen LogP contribution in [0.15, 0.2) is 26.0 Å². The lowest BCUT2D eigenvalue weighted by Crippen LogP contribution is -2.40. The Bertz CT molecular complexity index is 601. The van der Waals surface area contributed by atoms with E-state index in [0.29, 0.717) is 16.3 Å². The van der Waals surface area contributed by atoms with Gasteiger partial charge in [0.2, 0.25) is 10.0 Å². The Morgan fingerprint density at radius 1 is 1.14 bits per heavy atom. The van der Waals surface area contributed by atoms with Gasteiger partial charge in [-0.15, -0.1) is 0 Å². The molecule has 0 bridgehead atoms. The summed E-state index contributed by atoms with van der Waals surface area (Å²) in [5.41, 5.74) is 6.13. The Morgan fingerprint density at radius 2 is 1.71 bits per heavy atom. The van der Waals surface area contributed by atoms with Gasteiger partial charge in [0.15, 0.2) is 0 Å². The number of nitrogens with two attached hydrogens (primary N) is 1. The van der Waals surface area contributed by atoms with Gasteiger partial charge in [0.05, 0.1) is 5.69 Å². The van der Waals surface area contributed by atoms with Crippen LogP contribution in [0.5, 0.6) is 0 Å². The lowest BCUT2D eigenvalue weighted by Gasteiger charge is -2.31. The van der Waals surface area contributed by atoms with Gasteiger partial charge in [0, 0.05) is 15.0 Å². The highest BCUT2D eigenvalue weighted by molar-refractivity contribution is 9.11. The van der Waals surface area contributed by atoms with Crippen LogP contribution >= 0.6 is 31.9 Å². The SMILES string of the molecule is CC1CC(C)CC(NS(=O)(=O)c2c(N)cc(Br)cc2Br)C1. The molecule has 0 saturated heterocycles. The van der Waals surface area contributed by atoms with E-state index in [9.17, 15) is 8.42 Å². The average Bonchev–Trinajstić information content (AvgIpc) is 2.23. The number of benzene rings is 1. The minimum atomic E-state index is -3.63. The van der Waals surface area contributed by atoms with Gasteiger partial charge in [-0.25, -0.2) is 13.1 Å². The van der Waals surface area contributed by atoms with Crippen LogP contribution in [0, 0.1) is 11.8 Å². The molecule has 21 heavy (non-hydrogen) atoms. The van der Waals surface area contributed by atoms with Crippen molar-refractivity contribution in [3.05, 3.63) is 21.1 Å². The second kappa shape index (κ2) is 6.56. The van der Waals surface area contributed by atoms with Crippen molar-refractivity contribution in [1.29, 1.82) is 0 Å². The van der Waals surface area contributed by atoms with Crippen molar-refractivity contribution in [2.75, 3.05) is 5.73 Å². The zero-order valence-corrected chi connectivity index (χ0v) is 16.1. The fourth-order valence-electron chi connectivity index (χ4n) is 3.19. The molecule has 1 aliphatic rings. The summed E-state index contributed by atoms with van der Waals surface area (Å²) >= 11 is 6.60. The fourth-order valence-corrected chi connectivity index (χ4v) is 6.52. The Morgan fingerprint density at radius 3 is 2.24 bits per heavy atom. The van der Waals surface area contributed by atoms with Crippen molar-refractivity contribution in [3.63, 3.8) is 0 Å². The zero-order valence-electron chi connectivity index (χ0n) is 12.1. The quantitative estimate of drug-likeness (QED) is 0.701. The summed E-state index contributed by atoms with van der Waals surface area (Å²) in [6.45, 7) is 4.34. The molecule has 2 unspecified atom stereocenters. The summed E-state index contributed by atoms with van der Waals surface area (Å²) in [4.78, 5) is 0.122. The second-order valence-corrected chi connectivity index (χ2v) is 9.46. The van der Waals surface area contributed by atoms with Gasteiger partial charge >= 0.3 is 0 Å². The molecule has 3 N–H and O–H groups in total. The lowest BCUT2D eigenvalue weighted by atomic mass is 9.81. The highest BCUT2D eigenvalue weighted by atomic mass is 79.9. The molecule has 0 radical (unpaired) electrons. The van der Waals surface area contributed by atoms with Crippen molar-refractivity contribution >= 4 is 47.6 Å². The van der Waals surface area contributed by atoms with Gasteiger partial charge in [0.25, 0.3) is 0 Å². The highest BCUT2D eigenvalue weighted by Crippen LogP contribution is 2.34. The normalized spacial score (nSPS) is 26.8. The van der Waals surface area contributed by atoms with Crippen LogP contribution in [0.2, 0.25) is 0 Å². The van der Waals surface area contributed by atoms with Crippen LogP contribution in [0.1, 0.15) is 33.1 Å². The lowest BCUT2D eigenvalue weighted by molar-refractivity contribution is 0.257. The first-order chi connectivity index (χ1) is 9.69.